The van der Waals surface area contributed by atoms with Crippen LogP contribution < -0.4 is 0 Å². The maximum atomic E-state index is 12.5. The van der Waals surface area contributed by atoms with E-state index in [-0.39, 0.29) is 47.4 Å². The number of aliphatic hydroxyl groups excluding tert-OH is 2. The number of carbonyl (C=O) groups excluding carboxylic acids is 2. The molecule has 7 heteroatoms. The van der Waals surface area contributed by atoms with Crippen LogP contribution in [0.2, 0.25) is 0 Å². The zero-order chi connectivity index (χ0) is 24.1. The summed E-state index contributed by atoms with van der Waals surface area (Å²) in [5, 5.41) is 20.5. The van der Waals surface area contributed by atoms with Crippen LogP contribution in [0, 0.1) is 5.92 Å². The number of allylic oxidation sites excluding steroid dienone is 9. The van der Waals surface area contributed by atoms with Crippen LogP contribution in [0.5, 0.6) is 0 Å². The third-order valence-corrected chi connectivity index (χ3v) is 6.01. The van der Waals surface area contributed by atoms with Crippen molar-refractivity contribution in [2.24, 2.45) is 5.92 Å². The summed E-state index contributed by atoms with van der Waals surface area (Å²) in [7, 11) is 1.57. The van der Waals surface area contributed by atoms with Gasteiger partial charge in [0.1, 0.15) is 29.6 Å². The highest BCUT2D eigenvalue weighted by Crippen LogP contribution is 2.34. The number of ketones is 1. The van der Waals surface area contributed by atoms with Crippen molar-refractivity contribution >= 4 is 11.7 Å². The normalized spacial score (nSPS) is 34.7. The van der Waals surface area contributed by atoms with Gasteiger partial charge in [-0.25, -0.2) is 0 Å². The molecule has 3 fully saturated rings. The molecular formula is C26H33NO6. The Morgan fingerprint density at radius 2 is 1.64 bits per heavy atom. The molecule has 2 N–H and O–H groups in total. The first kappa shape index (κ1) is 24.9. The number of likely N-dealkylation sites (tertiary alicyclic amines) is 1. The molecule has 0 radical (unpaired) electrons. The predicted octanol–water partition coefficient (Wildman–Crippen LogP) is 2.95. The zero-order valence-electron chi connectivity index (χ0n) is 19.5. The van der Waals surface area contributed by atoms with Crippen LogP contribution in [0.1, 0.15) is 27.2 Å². The van der Waals surface area contributed by atoms with Crippen molar-refractivity contribution in [1.29, 1.82) is 0 Å². The molecule has 7 nitrogen and oxygen atoms in total. The smallest absolute Gasteiger partial charge is 0.261 e. The molecule has 1 amide bonds. The molecule has 3 aliphatic rings. The molecule has 178 valence electrons. The minimum absolute atomic E-state index is 0.0260. The van der Waals surface area contributed by atoms with Gasteiger partial charge in [-0.15, -0.1) is 0 Å². The summed E-state index contributed by atoms with van der Waals surface area (Å²) in [5.41, 5.74) is -0.160. The highest BCUT2D eigenvalue weighted by atomic mass is 16.6. The van der Waals surface area contributed by atoms with E-state index in [9.17, 15) is 19.8 Å². The van der Waals surface area contributed by atoms with Crippen molar-refractivity contribution in [2.45, 2.75) is 63.8 Å². The molecule has 3 rings (SSSR count). The van der Waals surface area contributed by atoms with E-state index in [1.165, 1.54) is 11.0 Å². The van der Waals surface area contributed by atoms with Gasteiger partial charge >= 0.3 is 0 Å². The van der Waals surface area contributed by atoms with Crippen molar-refractivity contribution in [3.8, 4) is 0 Å². The maximum Gasteiger partial charge on any atom is 0.261 e. The van der Waals surface area contributed by atoms with E-state index >= 15 is 0 Å². The fourth-order valence-corrected chi connectivity index (χ4v) is 4.44. The fraction of sp³-hybridized carbons (Fsp3) is 0.462. The molecule has 33 heavy (non-hydrogen) atoms. The summed E-state index contributed by atoms with van der Waals surface area (Å²) >= 11 is 0. The number of aliphatic hydroxyl groups is 2. The van der Waals surface area contributed by atoms with Gasteiger partial charge in [0.15, 0.2) is 5.78 Å². The Morgan fingerprint density at radius 3 is 2.21 bits per heavy atom. The van der Waals surface area contributed by atoms with Crippen LogP contribution in [0.4, 0.5) is 0 Å². The summed E-state index contributed by atoms with van der Waals surface area (Å²) in [4.78, 5) is 26.1. The zero-order valence-corrected chi connectivity index (χ0v) is 19.5. The monoisotopic (exact) mass is 455 g/mol. The fourth-order valence-electron chi connectivity index (χ4n) is 4.44. The lowest BCUT2D eigenvalue weighted by Crippen LogP contribution is -2.36. The molecule has 0 aliphatic carbocycles. The topological polar surface area (TPSA) is 96.3 Å². The molecule has 3 saturated heterocycles. The van der Waals surface area contributed by atoms with Crippen LogP contribution >= 0.6 is 0 Å². The van der Waals surface area contributed by atoms with Gasteiger partial charge in [-0.3, -0.25) is 9.59 Å². The van der Waals surface area contributed by atoms with E-state index < -0.39 is 18.1 Å². The first-order valence-corrected chi connectivity index (χ1v) is 11.3. The van der Waals surface area contributed by atoms with Crippen molar-refractivity contribution < 1.29 is 29.3 Å². The van der Waals surface area contributed by atoms with Gasteiger partial charge in [0.25, 0.3) is 5.91 Å². The van der Waals surface area contributed by atoms with E-state index in [1.807, 2.05) is 51.2 Å². The summed E-state index contributed by atoms with van der Waals surface area (Å²) in [6.45, 7) is 5.72. The SMILES string of the molecule is CC1CC2OC(C=CC=CC=C\C=C/C=C\C(O)=C3\C(=O)C(C(C)C)N(C)C3=O)C(O)C2O1. The summed E-state index contributed by atoms with van der Waals surface area (Å²) < 4.78 is 11.5. The first-order chi connectivity index (χ1) is 15.7. The Hall–Kier alpha value is -2.74. The van der Waals surface area contributed by atoms with E-state index in [0.717, 1.165) is 6.42 Å². The lowest BCUT2D eigenvalue weighted by Gasteiger charge is -2.20. The van der Waals surface area contributed by atoms with Gasteiger partial charge in [0.2, 0.25) is 0 Å². The Kier molecular flexibility index (Phi) is 8.24. The number of amides is 1. The third kappa shape index (κ3) is 5.61. The molecule has 0 saturated carbocycles. The predicted molar refractivity (Wildman–Crippen MR) is 125 cm³/mol. The molecule has 0 aromatic heterocycles. The summed E-state index contributed by atoms with van der Waals surface area (Å²) in [5.74, 6) is -1.15. The number of carbonyl (C=O) groups is 2. The number of ether oxygens (including phenoxy) is 2. The van der Waals surface area contributed by atoms with Gasteiger partial charge in [0.05, 0.1) is 18.2 Å². The van der Waals surface area contributed by atoms with E-state index in [1.54, 1.807) is 31.4 Å². The maximum absolute atomic E-state index is 12.5. The standard InChI is InChI=1S/C26H33NO6/c1-16(2)22-24(30)21(26(31)27(22)4)18(28)13-11-9-7-5-6-8-10-12-14-19-23(29)25-20(33-19)15-17(3)32-25/h5-14,16-17,19-20,22-23,25,28-29H,15H2,1-4H3/b6-5?,9-7-,10-8?,13-11-,14-12?,21-18+. The van der Waals surface area contributed by atoms with Crippen molar-refractivity contribution in [1.82, 2.24) is 4.90 Å². The number of nitrogens with zero attached hydrogens (tertiary/aromatic N) is 1. The van der Waals surface area contributed by atoms with Gasteiger partial charge in [-0.1, -0.05) is 68.5 Å². The molecule has 0 aromatic rings. The number of hydrogen-bond acceptors (Lipinski definition) is 6. The Morgan fingerprint density at radius 1 is 1.03 bits per heavy atom. The minimum Gasteiger partial charge on any atom is -0.507 e. The Bertz CT molecular complexity index is 925. The van der Waals surface area contributed by atoms with E-state index in [4.69, 9.17) is 9.47 Å². The Labute approximate surface area is 195 Å². The lowest BCUT2D eigenvalue weighted by atomic mass is 9.98. The van der Waals surface area contributed by atoms with Crippen LogP contribution in [-0.4, -0.2) is 70.4 Å². The van der Waals surface area contributed by atoms with Crippen molar-refractivity contribution in [3.05, 3.63) is 72.1 Å². The number of Topliss-reactive ketones (excluding diaryl/α,β-unsaturated/α-hetero) is 1. The Balaban J connectivity index is 1.46. The van der Waals surface area contributed by atoms with Crippen LogP contribution in [0.3, 0.4) is 0 Å². The van der Waals surface area contributed by atoms with Gasteiger partial charge in [-0.05, 0) is 18.9 Å². The molecular weight excluding hydrogens is 422 g/mol. The molecule has 0 bridgehead atoms. The highest BCUT2D eigenvalue weighted by molar-refractivity contribution is 6.27. The first-order valence-electron chi connectivity index (χ1n) is 11.3. The van der Waals surface area contributed by atoms with Crippen molar-refractivity contribution in [3.63, 3.8) is 0 Å². The number of fused-ring (bicyclic) bond motifs is 1. The average molecular weight is 456 g/mol. The molecule has 6 atom stereocenters. The van der Waals surface area contributed by atoms with Gasteiger partial charge < -0.3 is 24.6 Å². The molecule has 0 spiro atoms. The van der Waals surface area contributed by atoms with E-state index in [0.29, 0.717) is 0 Å². The van der Waals surface area contributed by atoms with Crippen LogP contribution in [0.25, 0.3) is 0 Å². The van der Waals surface area contributed by atoms with Crippen LogP contribution in [-0.2, 0) is 19.1 Å². The average Bonchev–Trinajstić information content (AvgIpc) is 3.33. The van der Waals surface area contributed by atoms with Crippen LogP contribution in [0.15, 0.2) is 72.1 Å². The largest absolute Gasteiger partial charge is 0.507 e. The molecule has 3 aliphatic heterocycles. The van der Waals surface area contributed by atoms with E-state index in [2.05, 4.69) is 0 Å². The molecule has 0 aromatic carbocycles. The van der Waals surface area contributed by atoms with Gasteiger partial charge in [-0.2, -0.15) is 0 Å². The quantitative estimate of drug-likeness (QED) is 0.265. The van der Waals surface area contributed by atoms with Crippen molar-refractivity contribution in [2.75, 3.05) is 7.05 Å². The summed E-state index contributed by atoms with van der Waals surface area (Å²) in [6.07, 6.45) is 17.0. The number of hydrogen-bond donors (Lipinski definition) is 2. The van der Waals surface area contributed by atoms with Gasteiger partial charge in [0, 0.05) is 13.5 Å². The second kappa shape index (κ2) is 10.9. The second-order valence-corrected chi connectivity index (χ2v) is 8.90. The lowest BCUT2D eigenvalue weighted by molar-refractivity contribution is -0.126. The third-order valence-electron chi connectivity index (χ3n) is 6.01. The molecule has 6 unspecified atom stereocenters. The second-order valence-electron chi connectivity index (χ2n) is 8.90. The number of rotatable bonds is 7. The molecule has 3 heterocycles. The minimum atomic E-state index is -0.646. The highest BCUT2D eigenvalue weighted by Gasteiger charge is 2.48. The number of likely N-dealkylation sites (N-methyl/N-ethyl adjacent to an activating group) is 1. The summed E-state index contributed by atoms with van der Waals surface area (Å²) in [6, 6.07) is -0.539.